The van der Waals surface area contributed by atoms with Crippen LogP contribution in [0.2, 0.25) is 0 Å². The molecule has 3 nitrogen and oxygen atoms in total. The van der Waals surface area contributed by atoms with Crippen LogP contribution in [0.4, 0.5) is 0 Å². The number of nitrogens with one attached hydrogen (secondary N) is 1. The first kappa shape index (κ1) is 14.5. The smallest absolute Gasteiger partial charge is 0.0713 e. The Morgan fingerprint density at radius 3 is 2.53 bits per heavy atom. The summed E-state index contributed by atoms with van der Waals surface area (Å²) in [6.45, 7) is 1.63. The Bertz CT molecular complexity index is 373. The summed E-state index contributed by atoms with van der Waals surface area (Å²) in [6.07, 6.45) is 5.27. The fourth-order valence-electron chi connectivity index (χ4n) is 2.76. The summed E-state index contributed by atoms with van der Waals surface area (Å²) in [5.41, 5.74) is 2.58. The normalized spacial score (nSPS) is 23.5. The van der Waals surface area contributed by atoms with Crippen LogP contribution in [0.5, 0.6) is 0 Å². The summed E-state index contributed by atoms with van der Waals surface area (Å²) >= 11 is 0. The zero-order chi connectivity index (χ0) is 13.5. The molecule has 0 bridgehead atoms. The molecule has 0 aromatic heterocycles. The largest absolute Gasteiger partial charge is 0.381 e. The molecule has 0 radical (unpaired) electrons. The highest BCUT2D eigenvalue weighted by molar-refractivity contribution is 5.22. The number of rotatable bonds is 6. The summed E-state index contributed by atoms with van der Waals surface area (Å²) in [7, 11) is 3.55. The molecule has 1 aliphatic rings. The van der Waals surface area contributed by atoms with E-state index in [9.17, 15) is 0 Å². The van der Waals surface area contributed by atoms with E-state index in [0.717, 1.165) is 6.54 Å². The van der Waals surface area contributed by atoms with E-state index < -0.39 is 0 Å². The van der Waals surface area contributed by atoms with Crippen molar-refractivity contribution in [3.63, 3.8) is 0 Å². The Kier molecular flexibility index (Phi) is 5.83. The molecule has 1 aromatic rings. The van der Waals surface area contributed by atoms with Crippen molar-refractivity contribution >= 4 is 0 Å². The summed E-state index contributed by atoms with van der Waals surface area (Å²) < 4.78 is 10.6. The summed E-state index contributed by atoms with van der Waals surface area (Å²) in [4.78, 5) is 0. The second-order valence-electron chi connectivity index (χ2n) is 5.34. The van der Waals surface area contributed by atoms with Crippen LogP contribution in [0.3, 0.4) is 0 Å². The third-order valence-electron chi connectivity index (χ3n) is 3.90. The van der Waals surface area contributed by atoms with Crippen molar-refractivity contribution < 1.29 is 9.47 Å². The molecule has 0 atom stereocenters. The molecule has 19 heavy (non-hydrogen) atoms. The number of hydrogen-bond donors (Lipinski definition) is 1. The molecule has 1 fully saturated rings. The van der Waals surface area contributed by atoms with Gasteiger partial charge >= 0.3 is 0 Å². The van der Waals surface area contributed by atoms with Gasteiger partial charge in [0.05, 0.1) is 12.7 Å². The molecule has 1 aliphatic carbocycles. The zero-order valence-electron chi connectivity index (χ0n) is 12.0. The summed E-state index contributed by atoms with van der Waals surface area (Å²) in [5.74, 6) is 0. The van der Waals surface area contributed by atoms with Crippen LogP contribution in [-0.2, 0) is 22.6 Å². The van der Waals surface area contributed by atoms with Gasteiger partial charge < -0.3 is 14.8 Å². The molecular formula is C16H25NO2. The summed E-state index contributed by atoms with van der Waals surface area (Å²) in [6, 6.07) is 9.24. The molecule has 0 saturated heterocycles. The van der Waals surface area contributed by atoms with Crippen molar-refractivity contribution in [2.45, 2.75) is 51.0 Å². The van der Waals surface area contributed by atoms with E-state index in [1.165, 1.54) is 36.8 Å². The lowest BCUT2D eigenvalue weighted by Crippen LogP contribution is -2.34. The Labute approximate surface area is 116 Å². The van der Waals surface area contributed by atoms with Crippen LogP contribution in [0, 0.1) is 0 Å². The average molecular weight is 263 g/mol. The lowest BCUT2D eigenvalue weighted by molar-refractivity contribution is 0.0624. The van der Waals surface area contributed by atoms with Gasteiger partial charge in [0.25, 0.3) is 0 Å². The van der Waals surface area contributed by atoms with Crippen molar-refractivity contribution in [3.8, 4) is 0 Å². The predicted molar refractivity (Wildman–Crippen MR) is 77.0 cm³/mol. The lowest BCUT2D eigenvalue weighted by Gasteiger charge is -2.28. The second-order valence-corrected chi connectivity index (χ2v) is 5.34. The first-order chi connectivity index (χ1) is 9.31. The Balaban J connectivity index is 1.77. The molecule has 1 aromatic carbocycles. The van der Waals surface area contributed by atoms with Crippen LogP contribution in [0.15, 0.2) is 24.3 Å². The minimum atomic E-state index is 0.475. The average Bonchev–Trinajstić information content (AvgIpc) is 2.46. The maximum absolute atomic E-state index is 5.40. The van der Waals surface area contributed by atoms with Crippen molar-refractivity contribution in [1.29, 1.82) is 0 Å². The van der Waals surface area contributed by atoms with Crippen molar-refractivity contribution in [3.05, 3.63) is 35.4 Å². The quantitative estimate of drug-likeness (QED) is 0.856. The van der Waals surface area contributed by atoms with Crippen molar-refractivity contribution in [2.24, 2.45) is 0 Å². The van der Waals surface area contributed by atoms with E-state index in [1.54, 1.807) is 7.11 Å². The van der Waals surface area contributed by atoms with E-state index in [1.807, 2.05) is 7.11 Å². The SMILES string of the molecule is COCc1cccc(CNC2CCC(OC)CC2)c1. The molecule has 0 heterocycles. The molecule has 2 rings (SSSR count). The third kappa shape index (κ3) is 4.60. The van der Waals surface area contributed by atoms with Gasteiger partial charge in [0.2, 0.25) is 0 Å². The monoisotopic (exact) mass is 263 g/mol. The molecular weight excluding hydrogens is 238 g/mol. The maximum atomic E-state index is 5.40. The highest BCUT2D eigenvalue weighted by Crippen LogP contribution is 2.21. The minimum Gasteiger partial charge on any atom is -0.381 e. The number of benzene rings is 1. The molecule has 0 amide bonds. The second kappa shape index (κ2) is 7.63. The Hall–Kier alpha value is -0.900. The van der Waals surface area contributed by atoms with Gasteiger partial charge in [-0.15, -0.1) is 0 Å². The fourth-order valence-corrected chi connectivity index (χ4v) is 2.76. The first-order valence-corrected chi connectivity index (χ1v) is 7.14. The van der Waals surface area contributed by atoms with E-state index in [-0.39, 0.29) is 0 Å². The van der Waals surface area contributed by atoms with Gasteiger partial charge in [0, 0.05) is 26.8 Å². The van der Waals surface area contributed by atoms with Crippen molar-refractivity contribution in [2.75, 3.05) is 14.2 Å². The van der Waals surface area contributed by atoms with Gasteiger partial charge in [-0.05, 0) is 36.8 Å². The van der Waals surface area contributed by atoms with E-state index in [4.69, 9.17) is 9.47 Å². The van der Waals surface area contributed by atoms with E-state index in [0.29, 0.717) is 18.8 Å². The van der Waals surface area contributed by atoms with Crippen LogP contribution >= 0.6 is 0 Å². The standard InChI is InChI=1S/C16H25NO2/c1-18-12-14-5-3-4-13(10-14)11-17-15-6-8-16(19-2)9-7-15/h3-5,10,15-17H,6-9,11-12H2,1-2H3. The van der Waals surface area contributed by atoms with Gasteiger partial charge in [-0.25, -0.2) is 0 Å². The van der Waals surface area contributed by atoms with Crippen LogP contribution in [0.25, 0.3) is 0 Å². The van der Waals surface area contributed by atoms with Gasteiger partial charge in [-0.2, -0.15) is 0 Å². The molecule has 1 N–H and O–H groups in total. The highest BCUT2D eigenvalue weighted by atomic mass is 16.5. The molecule has 106 valence electrons. The first-order valence-electron chi connectivity index (χ1n) is 7.14. The molecule has 1 saturated carbocycles. The lowest BCUT2D eigenvalue weighted by atomic mass is 9.93. The van der Waals surface area contributed by atoms with E-state index >= 15 is 0 Å². The van der Waals surface area contributed by atoms with E-state index in [2.05, 4.69) is 29.6 Å². The number of methoxy groups -OCH3 is 2. The predicted octanol–water partition coefficient (Wildman–Crippen LogP) is 2.88. The van der Waals surface area contributed by atoms with Crippen LogP contribution in [-0.4, -0.2) is 26.4 Å². The van der Waals surface area contributed by atoms with Gasteiger partial charge in [0.1, 0.15) is 0 Å². The van der Waals surface area contributed by atoms with Gasteiger partial charge in [-0.1, -0.05) is 24.3 Å². The molecule has 0 aliphatic heterocycles. The molecule has 0 unspecified atom stereocenters. The topological polar surface area (TPSA) is 30.5 Å². The Morgan fingerprint density at radius 1 is 1.11 bits per heavy atom. The van der Waals surface area contributed by atoms with Gasteiger partial charge in [-0.3, -0.25) is 0 Å². The zero-order valence-corrected chi connectivity index (χ0v) is 12.0. The Morgan fingerprint density at radius 2 is 1.84 bits per heavy atom. The van der Waals surface area contributed by atoms with Gasteiger partial charge in [0.15, 0.2) is 0 Å². The number of hydrogen-bond acceptors (Lipinski definition) is 3. The molecule has 0 spiro atoms. The minimum absolute atomic E-state index is 0.475. The number of ether oxygens (including phenoxy) is 2. The third-order valence-corrected chi connectivity index (χ3v) is 3.90. The van der Waals surface area contributed by atoms with Crippen molar-refractivity contribution in [1.82, 2.24) is 5.32 Å². The van der Waals surface area contributed by atoms with Crippen LogP contribution < -0.4 is 5.32 Å². The summed E-state index contributed by atoms with van der Waals surface area (Å²) in [5, 5.41) is 3.66. The highest BCUT2D eigenvalue weighted by Gasteiger charge is 2.20. The molecule has 3 heteroatoms. The maximum Gasteiger partial charge on any atom is 0.0713 e. The fraction of sp³-hybridized carbons (Fsp3) is 0.625. The van der Waals surface area contributed by atoms with Crippen LogP contribution in [0.1, 0.15) is 36.8 Å².